The number of fused-ring (bicyclic) bond motifs is 1. The summed E-state index contributed by atoms with van der Waals surface area (Å²) in [5.74, 6) is 0.0590. The summed E-state index contributed by atoms with van der Waals surface area (Å²) in [5, 5.41) is 0. The summed E-state index contributed by atoms with van der Waals surface area (Å²) >= 11 is 0. The molecule has 2 aromatic rings. The summed E-state index contributed by atoms with van der Waals surface area (Å²) < 4.78 is 31.3. The van der Waals surface area contributed by atoms with Crippen LogP contribution in [-0.4, -0.2) is 25.7 Å². The summed E-state index contributed by atoms with van der Waals surface area (Å²) in [5.41, 5.74) is 1.85. The molecule has 0 spiro atoms. The van der Waals surface area contributed by atoms with Crippen molar-refractivity contribution < 1.29 is 17.9 Å². The lowest BCUT2D eigenvalue weighted by molar-refractivity contribution is 0.0864. The molecular formula is C16H15NO4S. The Bertz CT molecular complexity index is 858. The van der Waals surface area contributed by atoms with Gasteiger partial charge < -0.3 is 4.74 Å². The number of methoxy groups -OCH3 is 1. The Hall–Kier alpha value is -2.34. The van der Waals surface area contributed by atoms with E-state index in [4.69, 9.17) is 4.74 Å². The minimum atomic E-state index is -3.80. The molecule has 6 heteroatoms. The fraction of sp³-hybridized carbons (Fsp3) is 0.188. The zero-order valence-electron chi connectivity index (χ0n) is 12.2. The van der Waals surface area contributed by atoms with Gasteiger partial charge in [0, 0.05) is 5.56 Å². The van der Waals surface area contributed by atoms with Crippen LogP contribution < -0.4 is 4.74 Å². The van der Waals surface area contributed by atoms with Crippen LogP contribution in [0.4, 0.5) is 0 Å². The molecule has 0 aromatic heterocycles. The molecular weight excluding hydrogens is 302 g/mol. The Kier molecular flexibility index (Phi) is 3.41. The van der Waals surface area contributed by atoms with Crippen LogP contribution >= 0.6 is 0 Å². The fourth-order valence-electron chi connectivity index (χ4n) is 2.57. The highest BCUT2D eigenvalue weighted by Gasteiger charge is 2.41. The van der Waals surface area contributed by atoms with Gasteiger partial charge in [0.1, 0.15) is 10.6 Å². The van der Waals surface area contributed by atoms with Crippen molar-refractivity contribution in [2.75, 3.05) is 7.11 Å². The van der Waals surface area contributed by atoms with Crippen LogP contribution in [0.1, 0.15) is 21.5 Å². The van der Waals surface area contributed by atoms with E-state index in [-0.39, 0.29) is 17.0 Å². The molecule has 0 radical (unpaired) electrons. The molecule has 2 aromatic carbocycles. The number of aryl methyl sites for hydroxylation is 1. The molecule has 0 unspecified atom stereocenters. The first kappa shape index (κ1) is 14.6. The lowest BCUT2D eigenvalue weighted by atomic mass is 10.1. The first-order valence-corrected chi connectivity index (χ1v) is 8.19. The van der Waals surface area contributed by atoms with Crippen molar-refractivity contribution in [1.82, 2.24) is 4.31 Å². The smallest absolute Gasteiger partial charge is 0.269 e. The topological polar surface area (TPSA) is 63.7 Å². The number of hydrogen-bond acceptors (Lipinski definition) is 4. The second-order valence-corrected chi connectivity index (χ2v) is 6.96. The number of ether oxygens (including phenoxy) is 1. The summed E-state index contributed by atoms with van der Waals surface area (Å²) in [6, 6.07) is 11.7. The Balaban J connectivity index is 2.05. The Morgan fingerprint density at radius 3 is 2.55 bits per heavy atom. The molecule has 3 rings (SSSR count). The van der Waals surface area contributed by atoms with Crippen LogP contribution in [0.5, 0.6) is 5.75 Å². The Labute approximate surface area is 129 Å². The van der Waals surface area contributed by atoms with Crippen LogP contribution in [0.2, 0.25) is 0 Å². The number of benzene rings is 2. The molecule has 1 aliphatic rings. The molecule has 5 nitrogen and oxygen atoms in total. The van der Waals surface area contributed by atoms with E-state index in [0.717, 1.165) is 9.87 Å². The standard InChI is InChI=1S/C16H15NO4S/c1-11-7-8-14(21-2)12(9-11)10-17-16(18)13-5-3-4-6-15(13)22(17,19)20/h3-9H,10H2,1-2H3. The molecule has 1 heterocycles. The first-order chi connectivity index (χ1) is 10.4. The van der Waals surface area contributed by atoms with E-state index in [1.165, 1.54) is 19.2 Å². The van der Waals surface area contributed by atoms with Gasteiger partial charge in [-0.15, -0.1) is 0 Å². The van der Waals surface area contributed by atoms with E-state index in [2.05, 4.69) is 0 Å². The quantitative estimate of drug-likeness (QED) is 0.872. The largest absolute Gasteiger partial charge is 0.496 e. The molecule has 0 aliphatic carbocycles. The predicted octanol–water partition coefficient (Wildman–Crippen LogP) is 2.35. The minimum Gasteiger partial charge on any atom is -0.496 e. The van der Waals surface area contributed by atoms with Crippen molar-refractivity contribution in [3.63, 3.8) is 0 Å². The maximum Gasteiger partial charge on any atom is 0.269 e. The predicted molar refractivity (Wildman–Crippen MR) is 81.2 cm³/mol. The maximum atomic E-state index is 12.5. The minimum absolute atomic E-state index is 0.0410. The van der Waals surface area contributed by atoms with E-state index >= 15 is 0 Å². The number of sulfonamides is 1. The maximum absolute atomic E-state index is 12.5. The van der Waals surface area contributed by atoms with Gasteiger partial charge in [-0.25, -0.2) is 12.7 Å². The molecule has 0 saturated heterocycles. The van der Waals surface area contributed by atoms with Gasteiger partial charge >= 0.3 is 0 Å². The molecule has 22 heavy (non-hydrogen) atoms. The lowest BCUT2D eigenvalue weighted by Crippen LogP contribution is -2.29. The number of amides is 1. The summed E-state index contributed by atoms with van der Waals surface area (Å²) in [4.78, 5) is 12.5. The summed E-state index contributed by atoms with van der Waals surface area (Å²) in [7, 11) is -2.29. The highest BCUT2D eigenvalue weighted by atomic mass is 32.2. The van der Waals surface area contributed by atoms with Crippen molar-refractivity contribution in [2.45, 2.75) is 18.4 Å². The van der Waals surface area contributed by atoms with Crippen molar-refractivity contribution >= 4 is 15.9 Å². The van der Waals surface area contributed by atoms with Gasteiger partial charge in [0.2, 0.25) is 0 Å². The van der Waals surface area contributed by atoms with Crippen LogP contribution in [0.3, 0.4) is 0 Å². The fourth-order valence-corrected chi connectivity index (χ4v) is 4.12. The molecule has 1 amide bonds. The molecule has 0 bridgehead atoms. The zero-order valence-corrected chi connectivity index (χ0v) is 13.1. The monoisotopic (exact) mass is 317 g/mol. The third-order valence-electron chi connectivity index (χ3n) is 3.66. The van der Waals surface area contributed by atoms with E-state index < -0.39 is 15.9 Å². The number of carbonyl (C=O) groups excluding carboxylic acids is 1. The van der Waals surface area contributed by atoms with Crippen molar-refractivity contribution in [2.24, 2.45) is 0 Å². The van der Waals surface area contributed by atoms with Crippen molar-refractivity contribution in [3.8, 4) is 5.75 Å². The van der Waals surface area contributed by atoms with Crippen LogP contribution in [0, 0.1) is 6.92 Å². The SMILES string of the molecule is COc1ccc(C)cc1CN1C(=O)c2ccccc2S1(=O)=O. The third-order valence-corrected chi connectivity index (χ3v) is 5.45. The van der Waals surface area contributed by atoms with Gasteiger partial charge in [-0.1, -0.05) is 29.8 Å². The third kappa shape index (κ3) is 2.16. The average Bonchev–Trinajstić information content (AvgIpc) is 2.69. The molecule has 1 aliphatic heterocycles. The molecule has 0 fully saturated rings. The molecule has 0 atom stereocenters. The number of rotatable bonds is 3. The lowest BCUT2D eigenvalue weighted by Gasteiger charge is -2.17. The Morgan fingerprint density at radius 2 is 1.86 bits per heavy atom. The number of nitrogens with zero attached hydrogens (tertiary/aromatic N) is 1. The number of hydrogen-bond donors (Lipinski definition) is 0. The van der Waals surface area contributed by atoms with Crippen molar-refractivity contribution in [1.29, 1.82) is 0 Å². The van der Waals surface area contributed by atoms with E-state index in [1.54, 1.807) is 18.2 Å². The zero-order chi connectivity index (χ0) is 15.9. The van der Waals surface area contributed by atoms with Gasteiger partial charge in [-0.3, -0.25) is 4.79 Å². The van der Waals surface area contributed by atoms with E-state index in [1.807, 2.05) is 19.1 Å². The van der Waals surface area contributed by atoms with Crippen molar-refractivity contribution in [3.05, 3.63) is 59.2 Å². The molecule has 0 saturated carbocycles. The van der Waals surface area contributed by atoms with Crippen LogP contribution in [0.15, 0.2) is 47.4 Å². The van der Waals surface area contributed by atoms with Gasteiger partial charge in [0.25, 0.3) is 15.9 Å². The van der Waals surface area contributed by atoms with Gasteiger partial charge in [0.15, 0.2) is 0 Å². The van der Waals surface area contributed by atoms with Gasteiger partial charge in [-0.2, -0.15) is 0 Å². The molecule has 0 N–H and O–H groups in total. The second-order valence-electron chi connectivity index (χ2n) is 5.13. The van der Waals surface area contributed by atoms with E-state index in [9.17, 15) is 13.2 Å². The average molecular weight is 317 g/mol. The normalized spacial score (nSPS) is 15.7. The van der Waals surface area contributed by atoms with Gasteiger partial charge in [-0.05, 0) is 25.1 Å². The first-order valence-electron chi connectivity index (χ1n) is 6.75. The Morgan fingerprint density at radius 1 is 1.14 bits per heavy atom. The highest BCUT2D eigenvalue weighted by Crippen LogP contribution is 2.33. The summed E-state index contributed by atoms with van der Waals surface area (Å²) in [6.45, 7) is 1.86. The van der Waals surface area contributed by atoms with Gasteiger partial charge in [0.05, 0.1) is 19.2 Å². The van der Waals surface area contributed by atoms with E-state index in [0.29, 0.717) is 11.3 Å². The van der Waals surface area contributed by atoms with Crippen LogP contribution in [0.25, 0.3) is 0 Å². The highest BCUT2D eigenvalue weighted by molar-refractivity contribution is 7.90. The molecule has 114 valence electrons. The second kappa shape index (κ2) is 5.14. The summed E-state index contributed by atoms with van der Waals surface area (Å²) in [6.07, 6.45) is 0. The number of carbonyl (C=O) groups is 1. The van der Waals surface area contributed by atoms with Crippen LogP contribution in [-0.2, 0) is 16.6 Å².